The average Bonchev–Trinajstić information content (AvgIpc) is 3.19. The Bertz CT molecular complexity index is 2360. The molecule has 9 rings (SSSR count). The third-order valence-corrected chi connectivity index (χ3v) is 10.5. The molecule has 0 fully saturated rings. The fraction of sp³-hybridized carbons (Fsp3) is 0.0217. The van der Waals surface area contributed by atoms with Crippen LogP contribution in [-0.4, -0.2) is 4.98 Å². The van der Waals surface area contributed by atoms with Crippen LogP contribution in [0.25, 0.3) is 44.3 Å². The summed E-state index contributed by atoms with van der Waals surface area (Å²) in [5.41, 5.74) is 12.6. The van der Waals surface area contributed by atoms with Crippen LogP contribution < -0.4 is 9.80 Å². The van der Waals surface area contributed by atoms with E-state index in [2.05, 4.69) is 215 Å². The maximum absolute atomic E-state index is 5.45. The minimum Gasteiger partial charge on any atom is -0.310 e. The van der Waals surface area contributed by atoms with Gasteiger partial charge in [0.1, 0.15) is 5.82 Å². The molecule has 2 aliphatic rings. The van der Waals surface area contributed by atoms with Crippen LogP contribution >= 0.6 is 22.6 Å². The molecule has 0 unspecified atom stereocenters. The predicted octanol–water partition coefficient (Wildman–Crippen LogP) is 12.8. The van der Waals surface area contributed by atoms with Crippen molar-refractivity contribution >= 4 is 56.2 Å². The second-order valence-corrected chi connectivity index (χ2v) is 13.9. The van der Waals surface area contributed by atoms with Gasteiger partial charge in [0.15, 0.2) is 0 Å². The molecule has 50 heavy (non-hydrogen) atoms. The lowest BCUT2D eigenvalue weighted by atomic mass is 9.95. The monoisotopic (exact) mass is 753 g/mol. The Morgan fingerprint density at radius 3 is 1.72 bits per heavy atom. The van der Waals surface area contributed by atoms with Crippen molar-refractivity contribution in [3.63, 3.8) is 0 Å². The minimum atomic E-state index is 0.874. The molecule has 1 aromatic heterocycles. The molecule has 0 spiro atoms. The van der Waals surface area contributed by atoms with E-state index in [1.807, 2.05) is 0 Å². The van der Waals surface area contributed by atoms with E-state index in [9.17, 15) is 0 Å². The highest BCUT2D eigenvalue weighted by molar-refractivity contribution is 14.1. The number of rotatable bonds is 6. The summed E-state index contributed by atoms with van der Waals surface area (Å²) in [4.78, 5) is 10.0. The number of aromatic nitrogens is 1. The number of pyridine rings is 1. The van der Waals surface area contributed by atoms with Gasteiger partial charge in [-0.15, -0.1) is 0 Å². The number of hydrogen-bond acceptors (Lipinski definition) is 3. The normalized spacial score (nSPS) is 13.3. The van der Waals surface area contributed by atoms with Crippen molar-refractivity contribution in [1.29, 1.82) is 0 Å². The molecule has 0 amide bonds. The minimum absolute atomic E-state index is 0.874. The third kappa shape index (κ3) is 5.52. The summed E-state index contributed by atoms with van der Waals surface area (Å²) in [6.07, 6.45) is 9.39. The number of nitrogens with zero attached hydrogens (tertiary/aromatic N) is 3. The highest BCUT2D eigenvalue weighted by Gasteiger charge is 2.27. The Labute approximate surface area is 306 Å². The lowest BCUT2D eigenvalue weighted by molar-refractivity contribution is 1.03. The van der Waals surface area contributed by atoms with Gasteiger partial charge in [0.25, 0.3) is 0 Å². The molecule has 4 heteroatoms. The quantitative estimate of drug-likeness (QED) is 0.158. The lowest BCUT2D eigenvalue weighted by Gasteiger charge is -2.32. The molecule has 0 aliphatic carbocycles. The molecule has 0 saturated heterocycles. The van der Waals surface area contributed by atoms with Gasteiger partial charge < -0.3 is 9.80 Å². The van der Waals surface area contributed by atoms with E-state index in [4.69, 9.17) is 4.98 Å². The van der Waals surface area contributed by atoms with E-state index in [1.54, 1.807) is 0 Å². The summed E-state index contributed by atoms with van der Waals surface area (Å²) in [7, 11) is 0. The summed E-state index contributed by atoms with van der Waals surface area (Å²) < 4.78 is 1.32. The number of anilines is 4. The molecule has 6 aromatic carbocycles. The van der Waals surface area contributed by atoms with Gasteiger partial charge >= 0.3 is 0 Å². The summed E-state index contributed by atoms with van der Waals surface area (Å²) in [5, 5.41) is 2.41. The van der Waals surface area contributed by atoms with Crippen LogP contribution in [0.4, 0.5) is 22.9 Å². The number of hydrogen-bond donors (Lipinski definition) is 0. The van der Waals surface area contributed by atoms with Gasteiger partial charge in [-0.05, 0) is 98.8 Å². The summed E-state index contributed by atoms with van der Waals surface area (Å²) in [6, 6.07) is 56.4. The third-order valence-electron chi connectivity index (χ3n) is 9.54. The van der Waals surface area contributed by atoms with Crippen LogP contribution in [0.1, 0.15) is 5.56 Å². The van der Waals surface area contributed by atoms with Crippen molar-refractivity contribution in [3.8, 4) is 33.5 Å². The molecule has 3 heterocycles. The van der Waals surface area contributed by atoms with Gasteiger partial charge in [-0.1, -0.05) is 127 Å². The van der Waals surface area contributed by atoms with Gasteiger partial charge in [0.05, 0.1) is 11.4 Å². The first-order chi connectivity index (χ1) is 24.7. The molecular weight excluding hydrogens is 721 g/mol. The topological polar surface area (TPSA) is 19.4 Å². The Morgan fingerprint density at radius 2 is 1.08 bits per heavy atom. The van der Waals surface area contributed by atoms with Gasteiger partial charge in [0, 0.05) is 49.8 Å². The van der Waals surface area contributed by atoms with Crippen LogP contribution in [-0.2, 0) is 6.42 Å². The Morgan fingerprint density at radius 1 is 0.520 bits per heavy atom. The van der Waals surface area contributed by atoms with Gasteiger partial charge in [-0.2, -0.15) is 0 Å². The van der Waals surface area contributed by atoms with Gasteiger partial charge in [-0.25, -0.2) is 4.98 Å². The molecule has 0 saturated carbocycles. The molecule has 0 radical (unpaired) electrons. The van der Waals surface area contributed by atoms with E-state index in [0.717, 1.165) is 40.6 Å². The Balaban J connectivity index is 1.18. The van der Waals surface area contributed by atoms with Gasteiger partial charge in [-0.3, -0.25) is 0 Å². The first-order valence-electron chi connectivity index (χ1n) is 16.9. The molecule has 0 N–H and O–H groups in total. The van der Waals surface area contributed by atoms with Crippen LogP contribution in [0.5, 0.6) is 0 Å². The molecular formula is C46H32IN3. The van der Waals surface area contributed by atoms with E-state index in [1.165, 1.54) is 47.9 Å². The largest absolute Gasteiger partial charge is 0.310 e. The first-order valence-corrected chi connectivity index (χ1v) is 17.9. The maximum atomic E-state index is 5.45. The van der Waals surface area contributed by atoms with Crippen molar-refractivity contribution in [3.05, 3.63) is 197 Å². The predicted molar refractivity (Wildman–Crippen MR) is 218 cm³/mol. The van der Waals surface area contributed by atoms with Crippen molar-refractivity contribution in [1.82, 2.24) is 4.98 Å². The van der Waals surface area contributed by atoms with Gasteiger partial charge in [0.2, 0.25) is 0 Å². The van der Waals surface area contributed by atoms with E-state index >= 15 is 0 Å². The molecule has 0 atom stereocenters. The molecule has 7 aromatic rings. The van der Waals surface area contributed by atoms with Crippen molar-refractivity contribution < 1.29 is 0 Å². The zero-order valence-electron chi connectivity index (χ0n) is 27.2. The van der Waals surface area contributed by atoms with Crippen molar-refractivity contribution in [2.75, 3.05) is 9.80 Å². The average molecular weight is 754 g/mol. The van der Waals surface area contributed by atoms with Crippen molar-refractivity contribution in [2.24, 2.45) is 0 Å². The highest BCUT2D eigenvalue weighted by Crippen LogP contribution is 2.44. The summed E-state index contributed by atoms with van der Waals surface area (Å²) in [6.45, 7) is 0. The number of benzene rings is 6. The fourth-order valence-corrected chi connectivity index (χ4v) is 7.92. The number of fused-ring (bicyclic) bond motifs is 5. The van der Waals surface area contributed by atoms with Crippen LogP contribution in [0, 0.1) is 0 Å². The zero-order valence-corrected chi connectivity index (χ0v) is 29.4. The number of halogens is 1. The second-order valence-electron chi connectivity index (χ2n) is 12.6. The fourth-order valence-electron chi connectivity index (χ4n) is 7.10. The second kappa shape index (κ2) is 13.0. The summed E-state index contributed by atoms with van der Waals surface area (Å²) in [5.74, 6) is 1.00. The zero-order chi connectivity index (χ0) is 33.4. The van der Waals surface area contributed by atoms with Crippen LogP contribution in [0.15, 0.2) is 191 Å². The molecule has 0 bridgehead atoms. The van der Waals surface area contributed by atoms with Crippen molar-refractivity contribution in [2.45, 2.75) is 6.42 Å². The number of allylic oxidation sites excluding steroid dienone is 4. The molecule has 3 nitrogen and oxygen atoms in total. The highest BCUT2D eigenvalue weighted by atomic mass is 127. The summed E-state index contributed by atoms with van der Waals surface area (Å²) >= 11 is 2.49. The van der Waals surface area contributed by atoms with E-state index < -0.39 is 0 Å². The Hall–Kier alpha value is -5.72. The smallest absolute Gasteiger partial charge is 0.142 e. The maximum Gasteiger partial charge on any atom is 0.142 e. The van der Waals surface area contributed by atoms with E-state index in [0.29, 0.717) is 0 Å². The Kier molecular flexibility index (Phi) is 7.86. The first kappa shape index (κ1) is 30.3. The van der Waals surface area contributed by atoms with Crippen LogP contribution in [0.2, 0.25) is 0 Å². The standard InChI is InChI=1S/C46H32IN3/c47-43-31-42-40-18-7-8-19-41(40)45(48-46(42)49-29-10-9-20-44(43)49)36-16-11-17-39(30-36)50(37-25-21-34(22-26-37)32-12-3-1-4-13-32)38-27-23-35(24-28-38)33-14-5-2-6-15-33/h1-30H,31H2. The lowest BCUT2D eigenvalue weighted by Crippen LogP contribution is -2.24. The molecule has 238 valence electrons. The van der Waals surface area contributed by atoms with Crippen LogP contribution in [0.3, 0.4) is 0 Å². The molecule has 2 aliphatic heterocycles. The SMILES string of the molecule is IC1=C2C=CC=CN2c2nc(-c3cccc(N(c4ccc(-c5ccccc5)cc4)c4ccc(-c5ccccc5)cc4)c3)c3ccccc3c2C1. The van der Waals surface area contributed by atoms with E-state index in [-0.39, 0.29) is 0 Å².